The summed E-state index contributed by atoms with van der Waals surface area (Å²) >= 11 is 3.30. The summed E-state index contributed by atoms with van der Waals surface area (Å²) in [4.78, 5) is 11.9. The molecule has 1 aliphatic rings. The number of halogens is 1. The maximum atomic E-state index is 13.1. The van der Waals surface area contributed by atoms with Crippen LogP contribution in [0.15, 0.2) is 57.9 Å². The molecule has 132 valence electrons. The molecule has 1 aliphatic carbocycles. The first-order valence-electron chi connectivity index (χ1n) is 7.65. The second-order valence-electron chi connectivity index (χ2n) is 6.31. The number of hydrogen-bond acceptors (Lipinski definition) is 4. The highest BCUT2D eigenvalue weighted by molar-refractivity contribution is 9.10. The lowest BCUT2D eigenvalue weighted by Crippen LogP contribution is -2.27. The SMILES string of the molecule is Cc1ccc(S(=O)(=O)[C@@H]2[C@H](c3ccc(Br)cc3)[C@]2(CO)C(=O)O)cc1. The van der Waals surface area contributed by atoms with Gasteiger partial charge >= 0.3 is 5.97 Å². The number of carboxylic acids is 1. The monoisotopic (exact) mass is 424 g/mol. The molecule has 0 spiro atoms. The average molecular weight is 425 g/mol. The first-order chi connectivity index (χ1) is 11.7. The Bertz CT molecular complexity index is 905. The van der Waals surface area contributed by atoms with E-state index in [9.17, 15) is 23.4 Å². The zero-order chi connectivity index (χ0) is 18.4. The summed E-state index contributed by atoms with van der Waals surface area (Å²) in [5, 5.41) is 18.3. The third-order valence-corrected chi connectivity index (χ3v) is 7.65. The van der Waals surface area contributed by atoms with Gasteiger partial charge < -0.3 is 10.2 Å². The standard InChI is InChI=1S/C18H17BrO5S/c1-11-2-8-14(9-3-11)25(23,24)16-15(18(16,10-20)17(21)22)12-4-6-13(19)7-5-12/h2-9,15-16,20H,10H2,1H3,(H,21,22)/t15-,16+,18-/m0/s1. The number of sulfone groups is 1. The van der Waals surface area contributed by atoms with Crippen LogP contribution in [0.5, 0.6) is 0 Å². The highest BCUT2D eigenvalue weighted by Gasteiger charge is 2.75. The lowest BCUT2D eigenvalue weighted by Gasteiger charge is -2.09. The van der Waals surface area contributed by atoms with Crippen molar-refractivity contribution in [3.8, 4) is 0 Å². The number of benzene rings is 2. The van der Waals surface area contributed by atoms with Crippen LogP contribution in [0.1, 0.15) is 17.0 Å². The van der Waals surface area contributed by atoms with Gasteiger partial charge in [-0.15, -0.1) is 0 Å². The third kappa shape index (κ3) is 2.80. The van der Waals surface area contributed by atoms with Gasteiger partial charge in [-0.05, 0) is 36.8 Å². The van der Waals surface area contributed by atoms with Crippen molar-refractivity contribution in [3.63, 3.8) is 0 Å². The Kier molecular flexibility index (Phi) is 4.51. The summed E-state index contributed by atoms with van der Waals surface area (Å²) in [7, 11) is -3.91. The molecule has 1 saturated carbocycles. The van der Waals surface area contributed by atoms with Crippen molar-refractivity contribution >= 4 is 31.7 Å². The molecule has 7 heteroatoms. The van der Waals surface area contributed by atoms with Gasteiger partial charge in [0.15, 0.2) is 9.84 Å². The Morgan fingerprint density at radius 2 is 1.68 bits per heavy atom. The van der Waals surface area contributed by atoms with Crippen LogP contribution in [0.3, 0.4) is 0 Å². The van der Waals surface area contributed by atoms with E-state index in [1.165, 1.54) is 12.1 Å². The second kappa shape index (κ2) is 6.23. The number of aryl methyl sites for hydroxylation is 1. The minimum absolute atomic E-state index is 0.0711. The highest BCUT2D eigenvalue weighted by atomic mass is 79.9. The van der Waals surface area contributed by atoms with Crippen LogP contribution in [0.4, 0.5) is 0 Å². The van der Waals surface area contributed by atoms with Crippen LogP contribution in [0.2, 0.25) is 0 Å². The molecule has 0 heterocycles. The molecule has 2 aromatic carbocycles. The quantitative estimate of drug-likeness (QED) is 0.769. The number of hydrogen-bond donors (Lipinski definition) is 2. The van der Waals surface area contributed by atoms with Crippen molar-refractivity contribution in [2.24, 2.45) is 5.41 Å². The molecule has 3 atom stereocenters. The fourth-order valence-electron chi connectivity index (χ4n) is 3.39. The number of aliphatic hydroxyl groups excluding tert-OH is 1. The first-order valence-corrected chi connectivity index (χ1v) is 9.99. The van der Waals surface area contributed by atoms with E-state index in [0.29, 0.717) is 5.56 Å². The number of aliphatic carboxylic acids is 1. The van der Waals surface area contributed by atoms with Crippen molar-refractivity contribution in [1.29, 1.82) is 0 Å². The van der Waals surface area contributed by atoms with Gasteiger partial charge in [-0.25, -0.2) is 8.42 Å². The van der Waals surface area contributed by atoms with E-state index in [-0.39, 0.29) is 4.90 Å². The van der Waals surface area contributed by atoms with Crippen LogP contribution in [0.25, 0.3) is 0 Å². The molecule has 0 radical (unpaired) electrons. The normalized spacial score (nSPS) is 25.6. The van der Waals surface area contributed by atoms with Gasteiger partial charge in [-0.3, -0.25) is 4.79 Å². The topological polar surface area (TPSA) is 91.7 Å². The molecule has 3 rings (SSSR count). The lowest BCUT2D eigenvalue weighted by molar-refractivity contribution is -0.145. The number of carboxylic acid groups (broad SMARTS) is 1. The second-order valence-corrected chi connectivity index (χ2v) is 9.30. The Labute approximate surface area is 154 Å². The van der Waals surface area contributed by atoms with E-state index >= 15 is 0 Å². The van der Waals surface area contributed by atoms with Crippen LogP contribution >= 0.6 is 15.9 Å². The highest BCUT2D eigenvalue weighted by Crippen LogP contribution is 2.64. The van der Waals surface area contributed by atoms with Crippen molar-refractivity contribution in [1.82, 2.24) is 0 Å². The predicted octanol–water partition coefficient (Wildman–Crippen LogP) is 2.76. The minimum atomic E-state index is -3.91. The van der Waals surface area contributed by atoms with Crippen molar-refractivity contribution in [3.05, 3.63) is 64.1 Å². The molecule has 1 fully saturated rings. The van der Waals surface area contributed by atoms with Gasteiger partial charge in [0.1, 0.15) is 5.41 Å². The maximum Gasteiger partial charge on any atom is 0.314 e. The van der Waals surface area contributed by atoms with E-state index in [0.717, 1.165) is 10.0 Å². The summed E-state index contributed by atoms with van der Waals surface area (Å²) in [6.45, 7) is 1.10. The van der Waals surface area contributed by atoms with Crippen molar-refractivity contribution in [2.75, 3.05) is 6.61 Å². The molecule has 0 saturated heterocycles. The predicted molar refractivity (Wildman–Crippen MR) is 96.2 cm³/mol. The zero-order valence-corrected chi connectivity index (χ0v) is 15.8. The molecular weight excluding hydrogens is 408 g/mol. The van der Waals surface area contributed by atoms with E-state index in [1.54, 1.807) is 36.4 Å². The summed E-state index contributed by atoms with van der Waals surface area (Å²) in [6.07, 6.45) is 0. The first kappa shape index (κ1) is 18.1. The largest absolute Gasteiger partial charge is 0.481 e. The lowest BCUT2D eigenvalue weighted by atomic mass is 10.0. The van der Waals surface area contributed by atoms with Gasteiger partial charge in [-0.2, -0.15) is 0 Å². The molecule has 0 amide bonds. The fourth-order valence-corrected chi connectivity index (χ4v) is 6.02. The summed E-state index contributed by atoms with van der Waals surface area (Å²) in [5.41, 5.74) is -0.233. The molecule has 2 aromatic rings. The van der Waals surface area contributed by atoms with Crippen LogP contribution in [-0.4, -0.2) is 36.5 Å². The number of rotatable bonds is 5. The average Bonchev–Trinajstić information content (AvgIpc) is 3.27. The molecule has 2 N–H and O–H groups in total. The third-order valence-electron chi connectivity index (χ3n) is 4.83. The van der Waals surface area contributed by atoms with Gasteiger partial charge in [0, 0.05) is 10.4 Å². The Morgan fingerprint density at radius 3 is 2.16 bits per heavy atom. The van der Waals surface area contributed by atoms with E-state index in [1.807, 2.05) is 6.92 Å². The van der Waals surface area contributed by atoms with E-state index < -0.39 is 39.0 Å². The summed E-state index contributed by atoms with van der Waals surface area (Å²) in [5.74, 6) is -2.10. The molecule has 0 aromatic heterocycles. The molecule has 25 heavy (non-hydrogen) atoms. The van der Waals surface area contributed by atoms with Crippen molar-refractivity contribution < 1.29 is 23.4 Å². The van der Waals surface area contributed by atoms with Gasteiger partial charge in [0.25, 0.3) is 0 Å². The van der Waals surface area contributed by atoms with Crippen LogP contribution in [0, 0.1) is 12.3 Å². The van der Waals surface area contributed by atoms with Crippen LogP contribution < -0.4 is 0 Å². The molecule has 5 nitrogen and oxygen atoms in total. The van der Waals surface area contributed by atoms with E-state index in [4.69, 9.17) is 0 Å². The molecular formula is C18H17BrO5S. The molecule has 0 bridgehead atoms. The van der Waals surface area contributed by atoms with Gasteiger partial charge in [0.2, 0.25) is 0 Å². The van der Waals surface area contributed by atoms with Crippen LogP contribution in [-0.2, 0) is 14.6 Å². The maximum absolute atomic E-state index is 13.1. The number of carbonyl (C=O) groups is 1. The Balaban J connectivity index is 2.10. The zero-order valence-electron chi connectivity index (χ0n) is 13.4. The Hall–Kier alpha value is -1.70. The minimum Gasteiger partial charge on any atom is -0.481 e. The summed E-state index contributed by atoms with van der Waals surface area (Å²) < 4.78 is 26.9. The fraction of sp³-hybridized carbons (Fsp3) is 0.278. The molecule has 0 unspecified atom stereocenters. The number of aliphatic hydroxyl groups is 1. The van der Waals surface area contributed by atoms with E-state index in [2.05, 4.69) is 15.9 Å². The smallest absolute Gasteiger partial charge is 0.314 e. The molecule has 0 aliphatic heterocycles. The van der Waals surface area contributed by atoms with Gasteiger partial charge in [0.05, 0.1) is 16.8 Å². The Morgan fingerprint density at radius 1 is 1.12 bits per heavy atom. The van der Waals surface area contributed by atoms with Crippen molar-refractivity contribution in [2.45, 2.75) is 23.0 Å². The summed E-state index contributed by atoms with van der Waals surface area (Å²) in [6, 6.07) is 13.1. The van der Waals surface area contributed by atoms with Gasteiger partial charge in [-0.1, -0.05) is 45.8 Å².